The lowest BCUT2D eigenvalue weighted by Crippen LogP contribution is -2.29. The Hall–Kier alpha value is -1.20. The zero-order chi connectivity index (χ0) is 13.9. The van der Waals surface area contributed by atoms with Crippen molar-refractivity contribution in [2.75, 3.05) is 30.3 Å². The molecule has 0 aromatic heterocycles. The molecule has 3 rings (SSSR count). The van der Waals surface area contributed by atoms with E-state index in [-0.39, 0.29) is 6.03 Å². The van der Waals surface area contributed by atoms with Crippen LogP contribution in [0, 0.1) is 0 Å². The molecule has 2 fully saturated rings. The highest BCUT2D eigenvalue weighted by atomic mass is 35.5. The van der Waals surface area contributed by atoms with Gasteiger partial charge in [-0.3, -0.25) is 0 Å². The third-order valence-corrected chi connectivity index (χ3v) is 4.69. The molecule has 1 aromatic rings. The smallest absolute Gasteiger partial charge is 0.323 e. The van der Waals surface area contributed by atoms with Crippen LogP contribution >= 0.6 is 23.4 Å². The van der Waals surface area contributed by atoms with Crippen LogP contribution in [0.1, 0.15) is 12.8 Å². The molecule has 0 N–H and O–H groups in total. The summed E-state index contributed by atoms with van der Waals surface area (Å²) in [5, 5.41) is 1.51. The fraction of sp³-hybridized carbons (Fsp3) is 0.429. The standard InChI is InChI=1S/C14H16ClN3OS/c15-11-3-5-12(6-4-11)18-9-10-20-14(18)16-13(19)17-7-1-2-8-17/h3-6H,1-2,7-10H2/b16-14-. The Kier molecular flexibility index (Phi) is 4.17. The minimum absolute atomic E-state index is 0.106. The molecule has 1 aromatic carbocycles. The van der Waals surface area contributed by atoms with E-state index in [9.17, 15) is 4.79 Å². The second kappa shape index (κ2) is 6.06. The largest absolute Gasteiger partial charge is 0.345 e. The van der Waals surface area contributed by atoms with Gasteiger partial charge in [0, 0.05) is 36.1 Å². The summed E-state index contributed by atoms with van der Waals surface area (Å²) in [5.41, 5.74) is 1.03. The van der Waals surface area contributed by atoms with Gasteiger partial charge in [-0.25, -0.2) is 4.79 Å². The van der Waals surface area contributed by atoms with E-state index in [1.54, 1.807) is 11.8 Å². The van der Waals surface area contributed by atoms with Crippen LogP contribution in [0.5, 0.6) is 0 Å². The van der Waals surface area contributed by atoms with Crippen molar-refractivity contribution >= 4 is 40.2 Å². The molecule has 2 heterocycles. The summed E-state index contributed by atoms with van der Waals surface area (Å²) in [6.07, 6.45) is 2.18. The number of likely N-dealkylation sites (tertiary alicyclic amines) is 1. The molecule has 0 saturated carbocycles. The zero-order valence-corrected chi connectivity index (χ0v) is 12.7. The van der Waals surface area contributed by atoms with Gasteiger partial charge in [0.15, 0.2) is 5.17 Å². The molecule has 0 bridgehead atoms. The Labute approximate surface area is 127 Å². The average Bonchev–Trinajstić information content (AvgIpc) is 3.10. The maximum Gasteiger partial charge on any atom is 0.345 e. The van der Waals surface area contributed by atoms with E-state index in [0.717, 1.165) is 49.1 Å². The van der Waals surface area contributed by atoms with Gasteiger partial charge in [-0.15, -0.1) is 0 Å². The van der Waals surface area contributed by atoms with Crippen LogP contribution in [0.15, 0.2) is 29.3 Å². The monoisotopic (exact) mass is 309 g/mol. The minimum atomic E-state index is -0.106. The van der Waals surface area contributed by atoms with E-state index in [1.807, 2.05) is 29.2 Å². The van der Waals surface area contributed by atoms with E-state index in [2.05, 4.69) is 9.89 Å². The number of halogens is 1. The molecule has 20 heavy (non-hydrogen) atoms. The van der Waals surface area contributed by atoms with Crippen molar-refractivity contribution < 1.29 is 4.79 Å². The first-order valence-corrected chi connectivity index (χ1v) is 8.14. The SMILES string of the molecule is O=C(/N=C1\SCCN1c1ccc(Cl)cc1)N1CCCC1. The van der Waals surface area contributed by atoms with Crippen molar-refractivity contribution in [3.8, 4) is 0 Å². The number of benzene rings is 1. The molecule has 2 amide bonds. The van der Waals surface area contributed by atoms with Crippen LogP contribution < -0.4 is 4.90 Å². The Bertz CT molecular complexity index is 526. The Balaban J connectivity index is 1.77. The van der Waals surface area contributed by atoms with Crippen molar-refractivity contribution in [3.05, 3.63) is 29.3 Å². The van der Waals surface area contributed by atoms with Gasteiger partial charge < -0.3 is 9.80 Å². The summed E-state index contributed by atoms with van der Waals surface area (Å²) in [6.45, 7) is 2.54. The van der Waals surface area contributed by atoms with E-state index in [1.165, 1.54) is 0 Å². The van der Waals surface area contributed by atoms with Gasteiger partial charge in [-0.1, -0.05) is 23.4 Å². The summed E-state index contributed by atoms with van der Waals surface area (Å²) < 4.78 is 0. The summed E-state index contributed by atoms with van der Waals surface area (Å²) in [5.74, 6) is 0.953. The third kappa shape index (κ3) is 2.94. The topological polar surface area (TPSA) is 35.9 Å². The molecule has 0 atom stereocenters. The molecule has 6 heteroatoms. The first-order chi connectivity index (χ1) is 9.74. The lowest BCUT2D eigenvalue weighted by Gasteiger charge is -2.19. The highest BCUT2D eigenvalue weighted by Crippen LogP contribution is 2.27. The van der Waals surface area contributed by atoms with Gasteiger partial charge in [0.05, 0.1) is 0 Å². The average molecular weight is 310 g/mol. The highest BCUT2D eigenvalue weighted by molar-refractivity contribution is 8.14. The van der Waals surface area contributed by atoms with Crippen LogP contribution in [0.3, 0.4) is 0 Å². The van der Waals surface area contributed by atoms with E-state index < -0.39 is 0 Å². The quantitative estimate of drug-likeness (QED) is 0.797. The molecule has 0 unspecified atom stereocenters. The molecule has 2 saturated heterocycles. The fourth-order valence-electron chi connectivity index (χ4n) is 2.42. The predicted molar refractivity (Wildman–Crippen MR) is 84.9 cm³/mol. The first-order valence-electron chi connectivity index (χ1n) is 6.77. The number of amidine groups is 1. The van der Waals surface area contributed by atoms with Crippen molar-refractivity contribution in [1.82, 2.24) is 4.90 Å². The number of urea groups is 1. The number of carbonyl (C=O) groups excluding carboxylic acids is 1. The van der Waals surface area contributed by atoms with E-state index in [0.29, 0.717) is 5.02 Å². The molecule has 2 aliphatic rings. The van der Waals surface area contributed by atoms with Crippen LogP contribution in [-0.4, -0.2) is 41.5 Å². The molecule has 0 aliphatic carbocycles. The number of amides is 2. The molecule has 106 valence electrons. The molecular weight excluding hydrogens is 294 g/mol. The fourth-order valence-corrected chi connectivity index (χ4v) is 3.49. The summed E-state index contributed by atoms with van der Waals surface area (Å²) in [6, 6.07) is 7.54. The Morgan fingerprint density at radius 2 is 1.85 bits per heavy atom. The van der Waals surface area contributed by atoms with Crippen molar-refractivity contribution in [3.63, 3.8) is 0 Å². The third-order valence-electron chi connectivity index (χ3n) is 3.48. The van der Waals surface area contributed by atoms with Crippen LogP contribution in [-0.2, 0) is 0 Å². The van der Waals surface area contributed by atoms with Crippen molar-refractivity contribution in [2.45, 2.75) is 12.8 Å². The van der Waals surface area contributed by atoms with Crippen molar-refractivity contribution in [1.29, 1.82) is 0 Å². The number of hydrogen-bond donors (Lipinski definition) is 0. The van der Waals surface area contributed by atoms with Gasteiger partial charge >= 0.3 is 6.03 Å². The first kappa shape index (κ1) is 13.8. The van der Waals surface area contributed by atoms with Crippen LogP contribution in [0.2, 0.25) is 5.02 Å². The van der Waals surface area contributed by atoms with Gasteiger partial charge in [0.1, 0.15) is 0 Å². The predicted octanol–water partition coefficient (Wildman–Crippen LogP) is 3.47. The normalized spacial score (nSPS) is 20.9. The lowest BCUT2D eigenvalue weighted by atomic mass is 10.3. The van der Waals surface area contributed by atoms with Gasteiger partial charge in [-0.2, -0.15) is 4.99 Å². The van der Waals surface area contributed by atoms with Gasteiger partial charge in [0.25, 0.3) is 0 Å². The van der Waals surface area contributed by atoms with E-state index >= 15 is 0 Å². The number of anilines is 1. The van der Waals surface area contributed by atoms with Crippen molar-refractivity contribution in [2.24, 2.45) is 4.99 Å². The summed E-state index contributed by atoms with van der Waals surface area (Å²) >= 11 is 7.54. The Morgan fingerprint density at radius 3 is 2.55 bits per heavy atom. The number of hydrogen-bond acceptors (Lipinski definition) is 2. The maximum atomic E-state index is 12.1. The van der Waals surface area contributed by atoms with Gasteiger partial charge in [0.2, 0.25) is 0 Å². The number of nitrogens with zero attached hydrogens (tertiary/aromatic N) is 3. The lowest BCUT2D eigenvalue weighted by molar-refractivity contribution is 0.219. The number of thioether (sulfide) groups is 1. The van der Waals surface area contributed by atoms with Crippen LogP contribution in [0.4, 0.5) is 10.5 Å². The molecule has 0 radical (unpaired) electrons. The zero-order valence-electron chi connectivity index (χ0n) is 11.1. The van der Waals surface area contributed by atoms with E-state index in [4.69, 9.17) is 11.6 Å². The second-order valence-corrected chi connectivity index (χ2v) is 6.35. The minimum Gasteiger partial charge on any atom is -0.323 e. The summed E-state index contributed by atoms with van der Waals surface area (Å²) in [7, 11) is 0. The van der Waals surface area contributed by atoms with Gasteiger partial charge in [-0.05, 0) is 37.1 Å². The molecule has 4 nitrogen and oxygen atoms in total. The number of aliphatic imine (C=N–C) groups is 1. The molecule has 2 aliphatic heterocycles. The second-order valence-electron chi connectivity index (χ2n) is 4.85. The summed E-state index contributed by atoms with van der Waals surface area (Å²) in [4.78, 5) is 20.3. The highest BCUT2D eigenvalue weighted by Gasteiger charge is 2.24. The van der Waals surface area contributed by atoms with Crippen LogP contribution in [0.25, 0.3) is 0 Å². The number of rotatable bonds is 1. The Morgan fingerprint density at radius 1 is 1.15 bits per heavy atom. The molecule has 0 spiro atoms. The molecular formula is C14H16ClN3OS. The number of carbonyl (C=O) groups is 1. The maximum absolute atomic E-state index is 12.1.